The second kappa shape index (κ2) is 15.4. The second-order valence-corrected chi connectivity index (χ2v) is 12.3. The highest BCUT2D eigenvalue weighted by molar-refractivity contribution is 7.92. The number of ether oxygens (including phenoxy) is 1. The average molecular weight is 634 g/mol. The van der Waals surface area contributed by atoms with E-state index in [1.807, 2.05) is 44.2 Å². The van der Waals surface area contributed by atoms with Gasteiger partial charge in [-0.25, -0.2) is 8.42 Å². The molecule has 2 amide bonds. The zero-order valence-corrected chi connectivity index (χ0v) is 26.3. The van der Waals surface area contributed by atoms with Gasteiger partial charge in [0.1, 0.15) is 24.1 Å². The molecule has 0 unspecified atom stereocenters. The summed E-state index contributed by atoms with van der Waals surface area (Å²) in [6, 6.07) is 29.8. The van der Waals surface area contributed by atoms with E-state index >= 15 is 0 Å². The first-order chi connectivity index (χ1) is 21.2. The van der Waals surface area contributed by atoms with Crippen LogP contribution in [0.3, 0.4) is 0 Å². The number of hydrogen-bond acceptors (Lipinski definition) is 5. The lowest BCUT2D eigenvalue weighted by Crippen LogP contribution is -2.52. The molecule has 8 nitrogen and oxygen atoms in total. The van der Waals surface area contributed by atoms with Crippen LogP contribution < -0.4 is 14.4 Å². The standard InChI is InChI=1S/C34H36ClN3O5S/c1-3-23-36-34(40)32(4-2)37(24-26-13-11-12-18-31(26)35)33(39)25-38(44(41,42)30-16-9-6-10-17-30)27-19-21-29(22-20-27)43-28-14-7-5-8-15-28/h5-22,32H,3-4,23-25H2,1-2H3,(H,36,40)/t32-/m1/s1. The number of anilines is 1. The molecule has 0 radical (unpaired) electrons. The van der Waals surface area contributed by atoms with E-state index < -0.39 is 28.5 Å². The Labute approximate surface area is 264 Å². The molecular formula is C34H36ClN3O5S. The number of para-hydroxylation sites is 1. The Morgan fingerprint density at radius 1 is 0.818 bits per heavy atom. The summed E-state index contributed by atoms with van der Waals surface area (Å²) in [6.07, 6.45) is 1.05. The monoisotopic (exact) mass is 633 g/mol. The Morgan fingerprint density at radius 3 is 2.02 bits per heavy atom. The van der Waals surface area contributed by atoms with Crippen molar-refractivity contribution in [2.24, 2.45) is 0 Å². The van der Waals surface area contributed by atoms with Crippen LogP contribution >= 0.6 is 11.6 Å². The third-order valence-electron chi connectivity index (χ3n) is 6.95. The predicted octanol–water partition coefficient (Wildman–Crippen LogP) is 6.66. The van der Waals surface area contributed by atoms with Gasteiger partial charge in [-0.1, -0.05) is 80.0 Å². The number of carbonyl (C=O) groups is 2. The van der Waals surface area contributed by atoms with Crippen LogP contribution in [0.1, 0.15) is 32.3 Å². The second-order valence-electron chi connectivity index (χ2n) is 10.1. The van der Waals surface area contributed by atoms with Crippen molar-refractivity contribution in [3.8, 4) is 11.5 Å². The number of hydrogen-bond donors (Lipinski definition) is 1. The van der Waals surface area contributed by atoms with Crippen molar-refractivity contribution in [1.82, 2.24) is 10.2 Å². The summed E-state index contributed by atoms with van der Waals surface area (Å²) in [5, 5.41) is 3.32. The Kier molecular flexibility index (Phi) is 11.4. The lowest BCUT2D eigenvalue weighted by Gasteiger charge is -2.33. The maximum Gasteiger partial charge on any atom is 0.264 e. The fraction of sp³-hybridized carbons (Fsp3) is 0.235. The average Bonchev–Trinajstić information content (AvgIpc) is 3.04. The van der Waals surface area contributed by atoms with Crippen molar-refractivity contribution in [3.05, 3.63) is 120 Å². The number of benzene rings is 4. The molecule has 1 N–H and O–H groups in total. The third-order valence-corrected chi connectivity index (χ3v) is 9.10. The fourth-order valence-corrected chi connectivity index (χ4v) is 6.28. The van der Waals surface area contributed by atoms with Crippen LogP contribution in [0.25, 0.3) is 0 Å². The number of rotatable bonds is 14. The van der Waals surface area contributed by atoms with Crippen LogP contribution in [0.5, 0.6) is 11.5 Å². The van der Waals surface area contributed by atoms with Gasteiger partial charge in [-0.05, 0) is 73.0 Å². The molecule has 0 aliphatic rings. The molecule has 0 bridgehead atoms. The van der Waals surface area contributed by atoms with Crippen LogP contribution in [-0.4, -0.2) is 44.3 Å². The molecule has 0 fully saturated rings. The first-order valence-electron chi connectivity index (χ1n) is 14.5. The molecule has 4 aromatic rings. The topological polar surface area (TPSA) is 96.0 Å². The fourth-order valence-electron chi connectivity index (χ4n) is 4.65. The highest BCUT2D eigenvalue weighted by Gasteiger charge is 2.33. The molecule has 4 rings (SSSR count). The van der Waals surface area contributed by atoms with Crippen molar-refractivity contribution in [2.45, 2.75) is 44.2 Å². The summed E-state index contributed by atoms with van der Waals surface area (Å²) in [4.78, 5) is 28.9. The van der Waals surface area contributed by atoms with Gasteiger partial charge < -0.3 is 15.0 Å². The molecule has 10 heteroatoms. The number of halogens is 1. The van der Waals surface area contributed by atoms with Crippen molar-refractivity contribution >= 4 is 39.1 Å². The van der Waals surface area contributed by atoms with Crippen LogP contribution in [0.4, 0.5) is 5.69 Å². The zero-order chi connectivity index (χ0) is 31.5. The predicted molar refractivity (Wildman–Crippen MR) is 173 cm³/mol. The summed E-state index contributed by atoms with van der Waals surface area (Å²) in [5.41, 5.74) is 0.910. The molecule has 4 aromatic carbocycles. The lowest BCUT2D eigenvalue weighted by atomic mass is 10.1. The minimum Gasteiger partial charge on any atom is -0.457 e. The zero-order valence-electron chi connectivity index (χ0n) is 24.7. The maximum atomic E-state index is 14.2. The van der Waals surface area contributed by atoms with E-state index in [0.717, 1.165) is 10.7 Å². The molecule has 0 saturated heterocycles. The van der Waals surface area contributed by atoms with E-state index in [1.165, 1.54) is 17.0 Å². The molecule has 0 saturated carbocycles. The Morgan fingerprint density at radius 2 is 1.41 bits per heavy atom. The summed E-state index contributed by atoms with van der Waals surface area (Å²) >= 11 is 6.45. The van der Waals surface area contributed by atoms with E-state index in [1.54, 1.807) is 66.7 Å². The number of sulfonamides is 1. The van der Waals surface area contributed by atoms with Gasteiger partial charge in [0.15, 0.2) is 0 Å². The highest BCUT2D eigenvalue weighted by Crippen LogP contribution is 2.29. The third kappa shape index (κ3) is 8.18. The van der Waals surface area contributed by atoms with Crippen molar-refractivity contribution in [1.29, 1.82) is 0 Å². The Bertz CT molecular complexity index is 1630. The van der Waals surface area contributed by atoms with E-state index in [2.05, 4.69) is 5.32 Å². The number of amides is 2. The van der Waals surface area contributed by atoms with E-state index in [0.29, 0.717) is 35.1 Å². The van der Waals surface area contributed by atoms with Gasteiger partial charge >= 0.3 is 0 Å². The summed E-state index contributed by atoms with van der Waals surface area (Å²) < 4.78 is 35.0. The van der Waals surface area contributed by atoms with Gasteiger partial charge in [-0.3, -0.25) is 13.9 Å². The smallest absolute Gasteiger partial charge is 0.264 e. The van der Waals surface area contributed by atoms with E-state index in [4.69, 9.17) is 16.3 Å². The van der Waals surface area contributed by atoms with Crippen LogP contribution in [0.2, 0.25) is 5.02 Å². The normalized spacial score (nSPS) is 11.8. The highest BCUT2D eigenvalue weighted by atomic mass is 35.5. The molecule has 0 heterocycles. The van der Waals surface area contributed by atoms with E-state index in [-0.39, 0.29) is 23.0 Å². The summed E-state index contributed by atoms with van der Waals surface area (Å²) in [5.74, 6) is 0.274. The SMILES string of the molecule is CCCNC(=O)[C@@H](CC)N(Cc1ccccc1Cl)C(=O)CN(c1ccc(Oc2ccccc2)cc1)S(=O)(=O)c1ccccc1. The van der Waals surface area contributed by atoms with Crippen molar-refractivity contribution < 1.29 is 22.7 Å². The Hall–Kier alpha value is -4.34. The lowest BCUT2D eigenvalue weighted by molar-refractivity contribution is -0.140. The Balaban J connectivity index is 1.71. The summed E-state index contributed by atoms with van der Waals surface area (Å²) in [7, 11) is -4.18. The van der Waals surface area contributed by atoms with Crippen molar-refractivity contribution in [2.75, 3.05) is 17.4 Å². The molecule has 0 aromatic heterocycles. The minimum atomic E-state index is -4.18. The van der Waals surface area contributed by atoms with Crippen LogP contribution in [-0.2, 0) is 26.2 Å². The molecule has 230 valence electrons. The number of carbonyl (C=O) groups excluding carboxylic acids is 2. The minimum absolute atomic E-state index is 0.0274. The quantitative estimate of drug-likeness (QED) is 0.168. The van der Waals surface area contributed by atoms with E-state index in [9.17, 15) is 18.0 Å². The summed E-state index contributed by atoms with van der Waals surface area (Å²) in [6.45, 7) is 3.69. The van der Waals surface area contributed by atoms with Gasteiger partial charge in [-0.2, -0.15) is 0 Å². The molecule has 0 aliphatic heterocycles. The van der Waals surface area contributed by atoms with Gasteiger partial charge in [0.25, 0.3) is 10.0 Å². The van der Waals surface area contributed by atoms with Gasteiger partial charge in [-0.15, -0.1) is 0 Å². The maximum absolute atomic E-state index is 14.2. The largest absolute Gasteiger partial charge is 0.457 e. The molecule has 1 atom stereocenters. The van der Waals surface area contributed by atoms with Crippen LogP contribution in [0.15, 0.2) is 114 Å². The van der Waals surface area contributed by atoms with Gasteiger partial charge in [0.05, 0.1) is 10.6 Å². The van der Waals surface area contributed by atoms with Gasteiger partial charge in [0.2, 0.25) is 11.8 Å². The molecule has 44 heavy (non-hydrogen) atoms. The molecule has 0 spiro atoms. The van der Waals surface area contributed by atoms with Crippen molar-refractivity contribution in [3.63, 3.8) is 0 Å². The number of nitrogens with zero attached hydrogens (tertiary/aromatic N) is 2. The number of nitrogens with one attached hydrogen (secondary N) is 1. The van der Waals surface area contributed by atoms with Crippen LogP contribution in [0, 0.1) is 0 Å². The van der Waals surface area contributed by atoms with Gasteiger partial charge in [0, 0.05) is 18.1 Å². The first kappa shape index (κ1) is 32.6. The molecular weight excluding hydrogens is 598 g/mol. The first-order valence-corrected chi connectivity index (χ1v) is 16.3. The molecule has 0 aliphatic carbocycles.